The van der Waals surface area contributed by atoms with Crippen molar-refractivity contribution in [3.8, 4) is 11.3 Å². The van der Waals surface area contributed by atoms with Crippen molar-refractivity contribution in [2.45, 2.75) is 24.5 Å². The Labute approximate surface area is 149 Å². The number of allylic oxidation sites excluding steroid dienone is 2. The van der Waals surface area contributed by atoms with Gasteiger partial charge in [-0.3, -0.25) is 9.69 Å². The SMILES string of the molecule is CC(=O)N1C=CC(c2c(-c3ccc(Cl)cc3)nc3n2CCS3)C=C1. The summed E-state index contributed by atoms with van der Waals surface area (Å²) in [6.45, 7) is 2.52. The number of aromatic nitrogens is 2. The number of rotatable bonds is 2. The van der Waals surface area contributed by atoms with Gasteiger partial charge in [0.15, 0.2) is 5.16 Å². The normalized spacial score (nSPS) is 16.7. The van der Waals surface area contributed by atoms with Crippen molar-refractivity contribution in [2.24, 2.45) is 0 Å². The fraction of sp³-hybridized carbons (Fsp3) is 0.222. The molecule has 4 nitrogen and oxygen atoms in total. The van der Waals surface area contributed by atoms with Gasteiger partial charge in [0, 0.05) is 48.1 Å². The van der Waals surface area contributed by atoms with Gasteiger partial charge in [0.25, 0.3) is 0 Å². The first kappa shape index (κ1) is 15.5. The second kappa shape index (κ2) is 6.15. The van der Waals surface area contributed by atoms with Gasteiger partial charge in [0.2, 0.25) is 5.91 Å². The Kier molecular flexibility index (Phi) is 3.98. The van der Waals surface area contributed by atoms with E-state index in [1.807, 2.05) is 48.8 Å². The lowest BCUT2D eigenvalue weighted by Gasteiger charge is -2.20. The largest absolute Gasteiger partial charge is 0.321 e. The Balaban J connectivity index is 1.78. The van der Waals surface area contributed by atoms with Gasteiger partial charge in [0.1, 0.15) is 0 Å². The van der Waals surface area contributed by atoms with E-state index >= 15 is 0 Å². The Morgan fingerprint density at radius 2 is 1.96 bits per heavy atom. The summed E-state index contributed by atoms with van der Waals surface area (Å²) < 4.78 is 2.29. The van der Waals surface area contributed by atoms with Crippen molar-refractivity contribution < 1.29 is 4.79 Å². The fourth-order valence-corrected chi connectivity index (χ4v) is 4.12. The van der Waals surface area contributed by atoms with Crippen LogP contribution in [0.2, 0.25) is 5.02 Å². The molecular weight excluding hydrogens is 342 g/mol. The molecule has 0 aliphatic carbocycles. The van der Waals surface area contributed by atoms with Gasteiger partial charge in [-0.15, -0.1) is 0 Å². The van der Waals surface area contributed by atoms with E-state index in [0.717, 1.165) is 33.7 Å². The molecule has 24 heavy (non-hydrogen) atoms. The Bertz CT molecular complexity index is 840. The number of halogens is 1. The first-order valence-corrected chi connectivity index (χ1v) is 9.14. The highest BCUT2D eigenvalue weighted by atomic mass is 35.5. The number of thioether (sulfide) groups is 1. The molecule has 0 saturated carbocycles. The molecule has 4 rings (SSSR count). The predicted octanol–water partition coefficient (Wildman–Crippen LogP) is 4.28. The molecule has 2 aromatic rings. The lowest BCUT2D eigenvalue weighted by molar-refractivity contribution is -0.124. The van der Waals surface area contributed by atoms with E-state index < -0.39 is 0 Å². The minimum atomic E-state index is 0.00735. The van der Waals surface area contributed by atoms with Gasteiger partial charge in [-0.2, -0.15) is 0 Å². The summed E-state index contributed by atoms with van der Waals surface area (Å²) in [5.74, 6) is 1.16. The highest BCUT2D eigenvalue weighted by Crippen LogP contribution is 2.38. The predicted molar refractivity (Wildman–Crippen MR) is 96.9 cm³/mol. The van der Waals surface area contributed by atoms with Crippen molar-refractivity contribution in [2.75, 3.05) is 5.75 Å². The van der Waals surface area contributed by atoms with E-state index in [1.54, 1.807) is 23.6 Å². The molecule has 2 aliphatic heterocycles. The number of carbonyl (C=O) groups is 1. The molecule has 1 amide bonds. The molecule has 0 spiro atoms. The van der Waals surface area contributed by atoms with Crippen molar-refractivity contribution in [3.63, 3.8) is 0 Å². The number of imidazole rings is 1. The Morgan fingerprint density at radius 1 is 1.25 bits per heavy atom. The zero-order valence-electron chi connectivity index (χ0n) is 13.1. The number of fused-ring (bicyclic) bond motifs is 1. The maximum Gasteiger partial charge on any atom is 0.227 e. The van der Waals surface area contributed by atoms with Gasteiger partial charge in [-0.05, 0) is 12.1 Å². The van der Waals surface area contributed by atoms with Crippen molar-refractivity contribution in [1.82, 2.24) is 14.5 Å². The van der Waals surface area contributed by atoms with Gasteiger partial charge < -0.3 is 4.57 Å². The number of nitrogens with zero attached hydrogens (tertiary/aromatic N) is 3. The van der Waals surface area contributed by atoms with Crippen LogP contribution in [0.15, 0.2) is 54.0 Å². The monoisotopic (exact) mass is 357 g/mol. The molecule has 0 saturated heterocycles. The van der Waals surface area contributed by atoms with Crippen LogP contribution >= 0.6 is 23.4 Å². The van der Waals surface area contributed by atoms with Gasteiger partial charge in [0.05, 0.1) is 11.4 Å². The number of benzene rings is 1. The lowest BCUT2D eigenvalue weighted by Crippen LogP contribution is -2.19. The summed E-state index contributed by atoms with van der Waals surface area (Å²) in [7, 11) is 0. The highest BCUT2D eigenvalue weighted by Gasteiger charge is 2.27. The average molecular weight is 358 g/mol. The molecule has 1 aromatic carbocycles. The van der Waals surface area contributed by atoms with Crippen LogP contribution in [0.5, 0.6) is 0 Å². The van der Waals surface area contributed by atoms with Crippen LogP contribution in [0.25, 0.3) is 11.3 Å². The third-order valence-corrected chi connectivity index (χ3v) is 5.43. The van der Waals surface area contributed by atoms with Gasteiger partial charge in [-0.25, -0.2) is 4.98 Å². The first-order chi connectivity index (χ1) is 11.6. The topological polar surface area (TPSA) is 38.1 Å². The summed E-state index contributed by atoms with van der Waals surface area (Å²) in [5, 5.41) is 1.78. The molecule has 0 atom stereocenters. The summed E-state index contributed by atoms with van der Waals surface area (Å²) in [6.07, 6.45) is 7.77. The summed E-state index contributed by atoms with van der Waals surface area (Å²) in [5.41, 5.74) is 3.23. The molecule has 0 bridgehead atoms. The van der Waals surface area contributed by atoms with E-state index in [1.165, 1.54) is 5.69 Å². The van der Waals surface area contributed by atoms with E-state index in [0.29, 0.717) is 0 Å². The molecule has 6 heteroatoms. The molecule has 0 fully saturated rings. The van der Waals surface area contributed by atoms with E-state index in [9.17, 15) is 4.79 Å². The number of carbonyl (C=O) groups excluding carboxylic acids is 1. The van der Waals surface area contributed by atoms with E-state index in [-0.39, 0.29) is 11.8 Å². The van der Waals surface area contributed by atoms with Crippen LogP contribution in [0.3, 0.4) is 0 Å². The summed E-state index contributed by atoms with van der Waals surface area (Å²) in [6, 6.07) is 7.80. The van der Waals surface area contributed by atoms with Crippen LogP contribution in [0, 0.1) is 0 Å². The summed E-state index contributed by atoms with van der Waals surface area (Å²) in [4.78, 5) is 17.9. The number of amides is 1. The molecule has 122 valence electrons. The van der Waals surface area contributed by atoms with Crippen LogP contribution in [-0.4, -0.2) is 26.1 Å². The van der Waals surface area contributed by atoms with E-state index in [4.69, 9.17) is 16.6 Å². The number of hydrogen-bond donors (Lipinski definition) is 0. The maximum absolute atomic E-state index is 11.5. The highest BCUT2D eigenvalue weighted by molar-refractivity contribution is 7.99. The molecule has 0 unspecified atom stereocenters. The van der Waals surface area contributed by atoms with Crippen LogP contribution in [0.1, 0.15) is 18.5 Å². The Morgan fingerprint density at radius 3 is 2.62 bits per heavy atom. The third-order valence-electron chi connectivity index (χ3n) is 4.22. The lowest BCUT2D eigenvalue weighted by atomic mass is 9.98. The van der Waals surface area contributed by atoms with Crippen LogP contribution in [-0.2, 0) is 11.3 Å². The average Bonchev–Trinajstić information content (AvgIpc) is 3.16. The quantitative estimate of drug-likeness (QED) is 0.805. The minimum absolute atomic E-state index is 0.00735. The fourth-order valence-electron chi connectivity index (χ4n) is 3.03. The zero-order chi connectivity index (χ0) is 16.7. The second-order valence-electron chi connectivity index (χ2n) is 5.77. The third kappa shape index (κ3) is 2.68. The summed E-state index contributed by atoms with van der Waals surface area (Å²) >= 11 is 7.80. The maximum atomic E-state index is 11.5. The molecule has 0 radical (unpaired) electrons. The van der Waals surface area contributed by atoms with Crippen LogP contribution < -0.4 is 0 Å². The molecule has 0 N–H and O–H groups in total. The van der Waals surface area contributed by atoms with Crippen molar-refractivity contribution in [1.29, 1.82) is 0 Å². The minimum Gasteiger partial charge on any atom is -0.321 e. The van der Waals surface area contributed by atoms with Crippen LogP contribution in [0.4, 0.5) is 0 Å². The molecule has 2 aliphatic rings. The second-order valence-corrected chi connectivity index (χ2v) is 7.27. The molecule has 3 heterocycles. The van der Waals surface area contributed by atoms with Gasteiger partial charge >= 0.3 is 0 Å². The number of hydrogen-bond acceptors (Lipinski definition) is 3. The van der Waals surface area contributed by atoms with Crippen molar-refractivity contribution in [3.05, 3.63) is 59.5 Å². The molecule has 1 aromatic heterocycles. The zero-order valence-corrected chi connectivity index (χ0v) is 14.7. The Hall–Kier alpha value is -1.98. The van der Waals surface area contributed by atoms with Crippen molar-refractivity contribution >= 4 is 29.3 Å². The smallest absolute Gasteiger partial charge is 0.227 e. The van der Waals surface area contributed by atoms with Gasteiger partial charge in [-0.1, -0.05) is 47.6 Å². The molecular formula is C18H16ClN3OS. The van der Waals surface area contributed by atoms with E-state index in [2.05, 4.69) is 4.57 Å². The first-order valence-electron chi connectivity index (χ1n) is 7.78. The standard InChI is InChI=1S/C18H16ClN3OS/c1-12(23)21-8-6-14(7-9-21)17-16(13-2-4-15(19)5-3-13)20-18-22(17)10-11-24-18/h2-9,14H,10-11H2,1H3.